The van der Waals surface area contributed by atoms with Crippen molar-refractivity contribution in [3.8, 4) is 16.3 Å². The molecule has 0 amide bonds. The second-order valence-corrected chi connectivity index (χ2v) is 7.12. The Kier molecular flexibility index (Phi) is 4.96. The number of carbonyl (C=O) groups is 1. The SMILES string of the molecule is O=C(CO)c1ccc2nc(-c3cccc(OCc4ccccc4)c3)sc2c1. The fourth-order valence-corrected chi connectivity index (χ4v) is 3.77. The second kappa shape index (κ2) is 7.70. The van der Waals surface area contributed by atoms with E-state index in [1.807, 2.05) is 60.7 Å². The van der Waals surface area contributed by atoms with Crippen molar-refractivity contribution in [3.05, 3.63) is 83.9 Å². The third kappa shape index (κ3) is 3.89. The van der Waals surface area contributed by atoms with Gasteiger partial charge in [-0.1, -0.05) is 42.5 Å². The summed E-state index contributed by atoms with van der Waals surface area (Å²) in [6, 6.07) is 23.2. The van der Waals surface area contributed by atoms with E-state index < -0.39 is 6.61 Å². The van der Waals surface area contributed by atoms with Crippen LogP contribution in [-0.2, 0) is 6.61 Å². The molecule has 4 aromatic rings. The molecule has 0 fully saturated rings. The van der Waals surface area contributed by atoms with Crippen molar-refractivity contribution in [1.82, 2.24) is 4.98 Å². The van der Waals surface area contributed by atoms with E-state index >= 15 is 0 Å². The number of carbonyl (C=O) groups excluding carboxylic acids is 1. The fraction of sp³-hybridized carbons (Fsp3) is 0.0909. The minimum Gasteiger partial charge on any atom is -0.489 e. The third-order valence-corrected chi connectivity index (χ3v) is 5.25. The van der Waals surface area contributed by atoms with Gasteiger partial charge in [-0.05, 0) is 35.9 Å². The van der Waals surface area contributed by atoms with Crippen LogP contribution in [0.1, 0.15) is 15.9 Å². The van der Waals surface area contributed by atoms with E-state index in [0.29, 0.717) is 12.2 Å². The highest BCUT2D eigenvalue weighted by Gasteiger charge is 2.10. The Morgan fingerprint density at radius 2 is 1.85 bits per heavy atom. The molecule has 0 aliphatic heterocycles. The van der Waals surface area contributed by atoms with Gasteiger partial charge in [0.2, 0.25) is 0 Å². The molecular formula is C22H17NO3S. The summed E-state index contributed by atoms with van der Waals surface area (Å²) >= 11 is 1.52. The molecule has 134 valence electrons. The molecule has 4 rings (SSSR count). The first kappa shape index (κ1) is 17.4. The molecule has 5 heteroatoms. The summed E-state index contributed by atoms with van der Waals surface area (Å²) in [7, 11) is 0. The van der Waals surface area contributed by atoms with Gasteiger partial charge < -0.3 is 9.84 Å². The number of aromatic nitrogens is 1. The summed E-state index contributed by atoms with van der Waals surface area (Å²) in [5.74, 6) is 0.495. The van der Waals surface area contributed by atoms with E-state index in [4.69, 9.17) is 9.84 Å². The molecule has 4 nitrogen and oxygen atoms in total. The van der Waals surface area contributed by atoms with Crippen molar-refractivity contribution in [1.29, 1.82) is 0 Å². The number of Topliss-reactive ketones (excluding diaryl/α,β-unsaturated/α-hetero) is 1. The highest BCUT2D eigenvalue weighted by Crippen LogP contribution is 2.32. The molecule has 27 heavy (non-hydrogen) atoms. The lowest BCUT2D eigenvalue weighted by molar-refractivity contribution is 0.0904. The standard InChI is InChI=1S/C22H17NO3S/c24-13-20(25)16-9-10-19-21(12-16)27-22(23-19)17-7-4-8-18(11-17)26-14-15-5-2-1-3-6-15/h1-12,24H,13-14H2. The predicted octanol–water partition coefficient (Wildman–Crippen LogP) is 4.72. The Bertz CT molecular complexity index is 1090. The van der Waals surface area contributed by atoms with Gasteiger partial charge in [0.05, 0.1) is 10.2 Å². The van der Waals surface area contributed by atoms with Crippen LogP contribution in [0.25, 0.3) is 20.8 Å². The van der Waals surface area contributed by atoms with Crippen molar-refractivity contribution in [2.45, 2.75) is 6.61 Å². The first-order valence-electron chi connectivity index (χ1n) is 8.55. The topological polar surface area (TPSA) is 59.4 Å². The van der Waals surface area contributed by atoms with Gasteiger partial charge >= 0.3 is 0 Å². The van der Waals surface area contributed by atoms with Crippen molar-refractivity contribution < 1.29 is 14.6 Å². The van der Waals surface area contributed by atoms with Gasteiger partial charge in [0.15, 0.2) is 5.78 Å². The van der Waals surface area contributed by atoms with Crippen LogP contribution >= 0.6 is 11.3 Å². The Balaban J connectivity index is 1.58. The van der Waals surface area contributed by atoms with Gasteiger partial charge in [0, 0.05) is 11.1 Å². The van der Waals surface area contributed by atoms with Crippen LogP contribution in [0, 0.1) is 0 Å². The summed E-state index contributed by atoms with van der Waals surface area (Å²) < 4.78 is 6.81. The van der Waals surface area contributed by atoms with Gasteiger partial charge in [-0.25, -0.2) is 4.98 Å². The zero-order valence-corrected chi connectivity index (χ0v) is 15.3. The molecule has 0 atom stereocenters. The van der Waals surface area contributed by atoms with Crippen LogP contribution in [0.4, 0.5) is 0 Å². The number of nitrogens with zero attached hydrogens (tertiary/aromatic N) is 1. The minimum atomic E-state index is -0.488. The number of aliphatic hydroxyl groups is 1. The van der Waals surface area contributed by atoms with Crippen molar-refractivity contribution in [2.24, 2.45) is 0 Å². The molecule has 0 bridgehead atoms. The Morgan fingerprint density at radius 1 is 1.00 bits per heavy atom. The summed E-state index contributed by atoms with van der Waals surface area (Å²) in [6.07, 6.45) is 0. The molecule has 1 heterocycles. The highest BCUT2D eigenvalue weighted by atomic mass is 32.1. The van der Waals surface area contributed by atoms with Crippen molar-refractivity contribution in [2.75, 3.05) is 6.61 Å². The van der Waals surface area contributed by atoms with Crippen LogP contribution in [-0.4, -0.2) is 22.5 Å². The monoisotopic (exact) mass is 375 g/mol. The molecular weight excluding hydrogens is 358 g/mol. The average Bonchev–Trinajstić information content (AvgIpc) is 3.16. The fourth-order valence-electron chi connectivity index (χ4n) is 2.77. The maximum Gasteiger partial charge on any atom is 0.188 e. The Labute approximate surface area is 160 Å². The molecule has 0 saturated heterocycles. The van der Waals surface area contributed by atoms with Gasteiger partial charge in [-0.2, -0.15) is 0 Å². The number of fused-ring (bicyclic) bond motifs is 1. The molecule has 0 unspecified atom stereocenters. The third-order valence-electron chi connectivity index (χ3n) is 4.18. The van der Waals surface area contributed by atoms with Gasteiger partial charge in [0.25, 0.3) is 0 Å². The zero-order chi connectivity index (χ0) is 18.6. The van der Waals surface area contributed by atoms with E-state index in [1.165, 1.54) is 11.3 Å². The largest absolute Gasteiger partial charge is 0.489 e. The minimum absolute atomic E-state index is 0.289. The first-order valence-corrected chi connectivity index (χ1v) is 9.36. The lowest BCUT2D eigenvalue weighted by Gasteiger charge is -2.07. The second-order valence-electron chi connectivity index (χ2n) is 6.08. The molecule has 3 aromatic carbocycles. The summed E-state index contributed by atoms with van der Waals surface area (Å²) in [6.45, 7) is 0.0226. The van der Waals surface area contributed by atoms with Gasteiger partial charge in [-0.15, -0.1) is 11.3 Å². The van der Waals surface area contributed by atoms with Crippen LogP contribution in [0.3, 0.4) is 0 Å². The Morgan fingerprint density at radius 3 is 2.67 bits per heavy atom. The maximum atomic E-state index is 11.7. The molecule has 0 aliphatic rings. The maximum absolute atomic E-state index is 11.7. The molecule has 1 aromatic heterocycles. The van der Waals surface area contributed by atoms with E-state index in [1.54, 1.807) is 12.1 Å². The summed E-state index contributed by atoms with van der Waals surface area (Å²) in [4.78, 5) is 16.3. The Hall–Kier alpha value is -3.02. The van der Waals surface area contributed by atoms with Crippen LogP contribution in [0.5, 0.6) is 5.75 Å². The number of benzene rings is 3. The predicted molar refractivity (Wildman–Crippen MR) is 107 cm³/mol. The van der Waals surface area contributed by atoms with Gasteiger partial charge in [0.1, 0.15) is 24.0 Å². The lowest BCUT2D eigenvalue weighted by atomic mass is 10.1. The first-order chi connectivity index (χ1) is 13.2. The van der Waals surface area contributed by atoms with Crippen LogP contribution in [0.15, 0.2) is 72.8 Å². The summed E-state index contributed by atoms with van der Waals surface area (Å²) in [5.41, 5.74) is 3.42. The quantitative estimate of drug-likeness (QED) is 0.496. The lowest BCUT2D eigenvalue weighted by Crippen LogP contribution is -2.03. The van der Waals surface area contributed by atoms with Crippen LogP contribution < -0.4 is 4.74 Å². The molecule has 0 radical (unpaired) electrons. The number of rotatable bonds is 6. The molecule has 1 N–H and O–H groups in total. The number of hydrogen-bond acceptors (Lipinski definition) is 5. The molecule has 0 spiro atoms. The van der Waals surface area contributed by atoms with Crippen LogP contribution in [0.2, 0.25) is 0 Å². The molecule has 0 saturated carbocycles. The summed E-state index contributed by atoms with van der Waals surface area (Å²) in [5, 5.41) is 9.90. The number of aliphatic hydroxyl groups excluding tert-OH is 1. The van der Waals surface area contributed by atoms with E-state index in [-0.39, 0.29) is 5.78 Å². The van der Waals surface area contributed by atoms with Crippen molar-refractivity contribution in [3.63, 3.8) is 0 Å². The number of hydrogen-bond donors (Lipinski definition) is 1. The number of thiazole rings is 1. The van der Waals surface area contributed by atoms with E-state index in [9.17, 15) is 4.79 Å². The van der Waals surface area contributed by atoms with Crippen molar-refractivity contribution >= 4 is 27.3 Å². The average molecular weight is 375 g/mol. The zero-order valence-electron chi connectivity index (χ0n) is 14.5. The van der Waals surface area contributed by atoms with E-state index in [0.717, 1.165) is 32.1 Å². The van der Waals surface area contributed by atoms with E-state index in [2.05, 4.69) is 4.98 Å². The molecule has 0 aliphatic carbocycles. The smallest absolute Gasteiger partial charge is 0.188 e. The normalized spacial score (nSPS) is 10.9. The highest BCUT2D eigenvalue weighted by molar-refractivity contribution is 7.21. The number of ether oxygens (including phenoxy) is 1. The number of ketones is 1. The van der Waals surface area contributed by atoms with Gasteiger partial charge in [-0.3, -0.25) is 4.79 Å².